The zero-order chi connectivity index (χ0) is 14.8. The number of aliphatic carboxylic acids is 1. The summed E-state index contributed by atoms with van der Waals surface area (Å²) in [5.74, 6) is -1.54. The van der Waals surface area contributed by atoms with Gasteiger partial charge in [0.1, 0.15) is 6.04 Å². The molecule has 0 heterocycles. The summed E-state index contributed by atoms with van der Waals surface area (Å²) >= 11 is 11.9. The number of benzene rings is 1. The third-order valence-corrected chi connectivity index (χ3v) is 4.97. The van der Waals surface area contributed by atoms with E-state index in [1.54, 1.807) is 6.07 Å². The Labute approximate surface area is 121 Å². The van der Waals surface area contributed by atoms with Gasteiger partial charge in [-0.25, -0.2) is 13.2 Å². The second kappa shape index (κ2) is 5.98. The van der Waals surface area contributed by atoms with Gasteiger partial charge in [-0.05, 0) is 26.0 Å². The summed E-state index contributed by atoms with van der Waals surface area (Å²) in [4.78, 5) is 11.1. The quantitative estimate of drug-likeness (QED) is 0.902. The number of hydrogen-bond acceptors (Lipinski definition) is 3. The topological polar surface area (TPSA) is 74.7 Å². The molecule has 8 heteroatoms. The minimum Gasteiger partial charge on any atom is -0.480 e. The molecule has 1 N–H and O–H groups in total. The Morgan fingerprint density at radius 2 is 1.84 bits per heavy atom. The maximum Gasteiger partial charge on any atom is 0.327 e. The Morgan fingerprint density at radius 3 is 2.21 bits per heavy atom. The van der Waals surface area contributed by atoms with Gasteiger partial charge in [-0.15, -0.1) is 0 Å². The molecule has 0 bridgehead atoms. The predicted octanol–water partition coefficient (Wildman–Crippen LogP) is 2.62. The number of halogens is 2. The number of hydrogen-bond donors (Lipinski definition) is 1. The van der Waals surface area contributed by atoms with Crippen LogP contribution in [0.15, 0.2) is 18.2 Å². The smallest absolute Gasteiger partial charge is 0.327 e. The number of sulfonamides is 1. The normalized spacial score (nSPS) is 13.1. The van der Waals surface area contributed by atoms with Crippen molar-refractivity contribution in [3.63, 3.8) is 0 Å². The van der Waals surface area contributed by atoms with Crippen molar-refractivity contribution in [1.82, 2.24) is 0 Å². The lowest BCUT2D eigenvalue weighted by Gasteiger charge is -2.28. The minimum absolute atomic E-state index is 0.0115. The number of carboxylic acid groups (broad SMARTS) is 1. The molecule has 1 aromatic rings. The lowest BCUT2D eigenvalue weighted by Crippen LogP contribution is -2.44. The number of carbonyl (C=O) groups is 1. The van der Waals surface area contributed by atoms with Gasteiger partial charge in [0.15, 0.2) is 0 Å². The van der Waals surface area contributed by atoms with E-state index in [1.165, 1.54) is 26.0 Å². The summed E-state index contributed by atoms with van der Waals surface area (Å²) in [5.41, 5.74) is -0.0115. The molecule has 1 aromatic carbocycles. The summed E-state index contributed by atoms with van der Waals surface area (Å²) in [6, 6.07) is 3.16. The van der Waals surface area contributed by atoms with Crippen molar-refractivity contribution in [2.24, 2.45) is 0 Å². The first-order valence-corrected chi connectivity index (χ1v) is 7.77. The predicted molar refractivity (Wildman–Crippen MR) is 75.5 cm³/mol. The molecular formula is C11H13Cl2NO4S. The lowest BCUT2D eigenvalue weighted by molar-refractivity contribution is -0.137. The van der Waals surface area contributed by atoms with Crippen LogP contribution in [-0.2, 0) is 14.8 Å². The Kier molecular flexibility index (Phi) is 5.06. The number of nitrogens with zero attached hydrogens (tertiary/aromatic N) is 1. The fraction of sp³-hybridized carbons (Fsp3) is 0.364. The second-order valence-corrected chi connectivity index (χ2v) is 6.73. The molecule has 0 aliphatic heterocycles. The molecule has 0 saturated carbocycles. The summed E-state index contributed by atoms with van der Waals surface area (Å²) in [6.45, 7) is 2.68. The Bertz CT molecular complexity index is 568. The van der Waals surface area contributed by atoms with Crippen LogP contribution >= 0.6 is 23.2 Å². The van der Waals surface area contributed by atoms with E-state index in [2.05, 4.69) is 0 Å². The molecule has 0 saturated heterocycles. The maximum atomic E-state index is 12.1. The fourth-order valence-electron chi connectivity index (χ4n) is 1.51. The Balaban J connectivity index is 3.54. The molecule has 1 atom stereocenters. The third kappa shape index (κ3) is 3.32. The highest BCUT2D eigenvalue weighted by atomic mass is 35.5. The van der Waals surface area contributed by atoms with E-state index in [-0.39, 0.29) is 21.5 Å². The van der Waals surface area contributed by atoms with Crippen LogP contribution in [0, 0.1) is 0 Å². The number of anilines is 1. The molecule has 5 nitrogen and oxygen atoms in total. The highest BCUT2D eigenvalue weighted by molar-refractivity contribution is 7.92. The molecule has 0 fully saturated rings. The molecule has 19 heavy (non-hydrogen) atoms. The number of carboxylic acids is 1. The first-order valence-electron chi connectivity index (χ1n) is 5.41. The van der Waals surface area contributed by atoms with E-state index in [1.807, 2.05) is 0 Å². The van der Waals surface area contributed by atoms with Gasteiger partial charge in [0, 0.05) is 0 Å². The van der Waals surface area contributed by atoms with Crippen molar-refractivity contribution in [3.05, 3.63) is 28.2 Å². The van der Waals surface area contributed by atoms with Gasteiger partial charge in [-0.1, -0.05) is 29.3 Å². The molecule has 1 rings (SSSR count). The second-order valence-electron chi connectivity index (χ2n) is 3.78. The number of rotatable bonds is 5. The van der Waals surface area contributed by atoms with Crippen LogP contribution in [0.1, 0.15) is 13.8 Å². The average molecular weight is 326 g/mol. The summed E-state index contributed by atoms with van der Waals surface area (Å²) < 4.78 is 24.9. The van der Waals surface area contributed by atoms with E-state index < -0.39 is 22.0 Å². The van der Waals surface area contributed by atoms with E-state index >= 15 is 0 Å². The van der Waals surface area contributed by atoms with Gasteiger partial charge in [0.25, 0.3) is 0 Å². The van der Waals surface area contributed by atoms with Crippen molar-refractivity contribution in [1.29, 1.82) is 0 Å². The summed E-state index contributed by atoms with van der Waals surface area (Å²) in [6.07, 6.45) is 0. The highest BCUT2D eigenvalue weighted by Crippen LogP contribution is 2.36. The molecule has 0 aliphatic carbocycles. The molecular weight excluding hydrogens is 313 g/mol. The van der Waals surface area contributed by atoms with Crippen molar-refractivity contribution in [2.75, 3.05) is 10.1 Å². The molecule has 106 valence electrons. The first-order chi connectivity index (χ1) is 8.72. The van der Waals surface area contributed by atoms with Gasteiger partial charge < -0.3 is 5.11 Å². The molecule has 1 unspecified atom stereocenters. The average Bonchev–Trinajstić information content (AvgIpc) is 2.32. The maximum absolute atomic E-state index is 12.1. The SMILES string of the molecule is CCS(=O)(=O)N(c1c(Cl)cccc1Cl)C(C)C(=O)O. The summed E-state index contributed by atoms with van der Waals surface area (Å²) in [7, 11) is -3.82. The van der Waals surface area contributed by atoms with Gasteiger partial charge in [-0.2, -0.15) is 0 Å². The highest BCUT2D eigenvalue weighted by Gasteiger charge is 2.33. The monoisotopic (exact) mass is 325 g/mol. The molecule has 0 aromatic heterocycles. The first kappa shape index (κ1) is 16.1. The van der Waals surface area contributed by atoms with Gasteiger partial charge in [-0.3, -0.25) is 4.31 Å². The molecule has 0 aliphatic rings. The minimum atomic E-state index is -3.82. The van der Waals surface area contributed by atoms with Crippen LogP contribution in [0.2, 0.25) is 10.0 Å². The molecule has 0 radical (unpaired) electrons. The van der Waals surface area contributed by atoms with E-state index in [0.717, 1.165) is 4.31 Å². The van der Waals surface area contributed by atoms with Crippen molar-refractivity contribution < 1.29 is 18.3 Å². The molecule has 0 spiro atoms. The van der Waals surface area contributed by atoms with Gasteiger partial charge >= 0.3 is 5.97 Å². The van der Waals surface area contributed by atoms with Crippen LogP contribution in [0.4, 0.5) is 5.69 Å². The Morgan fingerprint density at radius 1 is 1.37 bits per heavy atom. The largest absolute Gasteiger partial charge is 0.480 e. The fourth-order valence-corrected chi connectivity index (χ4v) is 3.52. The van der Waals surface area contributed by atoms with Crippen LogP contribution < -0.4 is 4.31 Å². The van der Waals surface area contributed by atoms with Crippen LogP contribution in [0.5, 0.6) is 0 Å². The third-order valence-electron chi connectivity index (χ3n) is 2.53. The van der Waals surface area contributed by atoms with Crippen molar-refractivity contribution in [2.45, 2.75) is 19.9 Å². The van der Waals surface area contributed by atoms with E-state index in [9.17, 15) is 13.2 Å². The van der Waals surface area contributed by atoms with E-state index in [0.29, 0.717) is 0 Å². The van der Waals surface area contributed by atoms with Gasteiger partial charge in [0.2, 0.25) is 10.0 Å². The standard InChI is InChI=1S/C11H13Cl2NO4S/c1-3-19(17,18)14(7(2)11(15)16)10-8(12)5-4-6-9(10)13/h4-7H,3H2,1-2H3,(H,15,16). The summed E-state index contributed by atoms with van der Waals surface area (Å²) in [5, 5.41) is 9.22. The van der Waals surface area contributed by atoms with Gasteiger partial charge in [0.05, 0.1) is 21.5 Å². The van der Waals surface area contributed by atoms with Crippen LogP contribution in [0.3, 0.4) is 0 Å². The van der Waals surface area contributed by atoms with Crippen molar-refractivity contribution in [3.8, 4) is 0 Å². The van der Waals surface area contributed by atoms with Crippen LogP contribution in [0.25, 0.3) is 0 Å². The molecule has 0 amide bonds. The number of para-hydroxylation sites is 1. The Hall–Kier alpha value is -0.980. The van der Waals surface area contributed by atoms with Crippen LogP contribution in [-0.4, -0.2) is 31.3 Å². The van der Waals surface area contributed by atoms with Crippen molar-refractivity contribution >= 4 is 44.9 Å². The lowest BCUT2D eigenvalue weighted by atomic mass is 10.2. The zero-order valence-electron chi connectivity index (χ0n) is 10.3. The zero-order valence-corrected chi connectivity index (χ0v) is 12.6. The van der Waals surface area contributed by atoms with E-state index in [4.69, 9.17) is 28.3 Å².